The first-order valence-electron chi connectivity index (χ1n) is 8.98. The SMILES string of the molecule is [C-]#[N+]c1cccc(-c2cnc3c(cnn3C(Cc3ccccc3)C(=O)NO)c2)c1. The number of nitrogens with zero attached hydrogens (tertiary/aromatic N) is 4. The summed E-state index contributed by atoms with van der Waals surface area (Å²) in [6, 6.07) is 18.0. The molecule has 1 amide bonds. The van der Waals surface area contributed by atoms with Crippen molar-refractivity contribution in [1.29, 1.82) is 0 Å². The summed E-state index contributed by atoms with van der Waals surface area (Å²) in [6.07, 6.45) is 3.70. The van der Waals surface area contributed by atoms with Crippen LogP contribution >= 0.6 is 0 Å². The number of rotatable bonds is 5. The van der Waals surface area contributed by atoms with Crippen LogP contribution in [0.15, 0.2) is 73.1 Å². The van der Waals surface area contributed by atoms with Crippen LogP contribution < -0.4 is 5.48 Å². The first-order valence-corrected chi connectivity index (χ1v) is 8.98. The van der Waals surface area contributed by atoms with E-state index in [0.29, 0.717) is 17.8 Å². The normalized spacial score (nSPS) is 11.7. The van der Waals surface area contributed by atoms with Gasteiger partial charge in [-0.25, -0.2) is 20.0 Å². The molecule has 4 aromatic rings. The molecule has 2 aromatic heterocycles. The van der Waals surface area contributed by atoms with Crippen LogP contribution in [-0.2, 0) is 11.2 Å². The quantitative estimate of drug-likeness (QED) is 0.311. The number of fused-ring (bicyclic) bond motifs is 1. The monoisotopic (exact) mass is 383 g/mol. The Morgan fingerprint density at radius 2 is 1.93 bits per heavy atom. The molecule has 142 valence electrons. The largest absolute Gasteiger partial charge is 0.289 e. The molecule has 7 heteroatoms. The Bertz CT molecular complexity index is 1210. The van der Waals surface area contributed by atoms with E-state index in [9.17, 15) is 10.0 Å². The molecule has 0 aliphatic rings. The maximum atomic E-state index is 12.3. The topological polar surface area (TPSA) is 84.4 Å². The number of pyridine rings is 1. The number of benzene rings is 2. The molecule has 29 heavy (non-hydrogen) atoms. The van der Waals surface area contributed by atoms with E-state index in [-0.39, 0.29) is 0 Å². The van der Waals surface area contributed by atoms with Crippen molar-refractivity contribution < 1.29 is 10.0 Å². The number of amides is 1. The summed E-state index contributed by atoms with van der Waals surface area (Å²) in [5, 5.41) is 14.3. The van der Waals surface area contributed by atoms with Gasteiger partial charge in [0.15, 0.2) is 11.3 Å². The molecule has 0 radical (unpaired) electrons. The molecule has 0 aliphatic heterocycles. The fourth-order valence-corrected chi connectivity index (χ4v) is 3.28. The molecule has 7 nitrogen and oxygen atoms in total. The molecule has 0 spiro atoms. The van der Waals surface area contributed by atoms with Crippen LogP contribution in [-0.4, -0.2) is 25.9 Å². The Balaban J connectivity index is 1.73. The van der Waals surface area contributed by atoms with Crippen molar-refractivity contribution in [3.63, 3.8) is 0 Å². The Labute approximate surface area is 167 Å². The van der Waals surface area contributed by atoms with Gasteiger partial charge in [-0.15, -0.1) is 0 Å². The molecular weight excluding hydrogens is 366 g/mol. The third kappa shape index (κ3) is 3.70. The minimum Gasteiger partial charge on any atom is -0.289 e. The van der Waals surface area contributed by atoms with E-state index in [1.54, 1.807) is 30.0 Å². The highest BCUT2D eigenvalue weighted by Crippen LogP contribution is 2.27. The van der Waals surface area contributed by atoms with Crippen LogP contribution in [0.1, 0.15) is 11.6 Å². The van der Waals surface area contributed by atoms with Gasteiger partial charge in [0, 0.05) is 18.0 Å². The van der Waals surface area contributed by atoms with Crippen molar-refractivity contribution in [2.45, 2.75) is 12.5 Å². The van der Waals surface area contributed by atoms with Crippen molar-refractivity contribution in [3.05, 3.63) is 90.0 Å². The summed E-state index contributed by atoms with van der Waals surface area (Å²) in [6.45, 7) is 7.17. The number of aromatic nitrogens is 3. The average Bonchev–Trinajstić information content (AvgIpc) is 3.20. The van der Waals surface area contributed by atoms with E-state index >= 15 is 0 Å². The number of hydrogen-bond acceptors (Lipinski definition) is 4. The van der Waals surface area contributed by atoms with E-state index in [1.807, 2.05) is 48.5 Å². The van der Waals surface area contributed by atoms with Crippen LogP contribution in [0.3, 0.4) is 0 Å². The summed E-state index contributed by atoms with van der Waals surface area (Å²) in [5.41, 5.74) is 5.51. The lowest BCUT2D eigenvalue weighted by Gasteiger charge is -2.16. The second-order valence-electron chi connectivity index (χ2n) is 6.57. The van der Waals surface area contributed by atoms with Gasteiger partial charge < -0.3 is 0 Å². The smallest absolute Gasteiger partial charge is 0.268 e. The number of carbonyl (C=O) groups is 1. The maximum absolute atomic E-state index is 12.3. The van der Waals surface area contributed by atoms with Gasteiger partial charge in [0.1, 0.15) is 6.04 Å². The van der Waals surface area contributed by atoms with Crippen LogP contribution in [0.4, 0.5) is 5.69 Å². The summed E-state index contributed by atoms with van der Waals surface area (Å²) in [4.78, 5) is 20.3. The molecule has 1 unspecified atom stereocenters. The standard InChI is InChI=1S/C22H17N5O2/c1-23-19-9-5-8-16(12-19)17-11-18-14-25-27(21(18)24-13-17)20(22(28)26-29)10-15-6-3-2-4-7-15/h2-9,11-14,20,29H,10H2,(H,26,28). The molecule has 4 rings (SSSR count). The van der Waals surface area contributed by atoms with Crippen molar-refractivity contribution >= 4 is 22.6 Å². The molecule has 0 bridgehead atoms. The number of hydrogen-bond donors (Lipinski definition) is 2. The van der Waals surface area contributed by atoms with E-state index in [0.717, 1.165) is 22.1 Å². The lowest BCUT2D eigenvalue weighted by Crippen LogP contribution is -2.32. The third-order valence-corrected chi connectivity index (χ3v) is 4.72. The molecule has 2 N–H and O–H groups in total. The van der Waals surface area contributed by atoms with Crippen LogP contribution in [0, 0.1) is 6.57 Å². The predicted molar refractivity (Wildman–Crippen MR) is 108 cm³/mol. The predicted octanol–water partition coefficient (Wildman–Crippen LogP) is 3.94. The Morgan fingerprint density at radius 3 is 2.69 bits per heavy atom. The molecule has 0 aliphatic carbocycles. The molecule has 0 fully saturated rings. The van der Waals surface area contributed by atoms with Gasteiger partial charge in [0.2, 0.25) is 0 Å². The maximum Gasteiger partial charge on any atom is 0.268 e. The lowest BCUT2D eigenvalue weighted by atomic mass is 10.1. The Kier molecular flexibility index (Phi) is 5.01. The zero-order valence-electron chi connectivity index (χ0n) is 15.4. The van der Waals surface area contributed by atoms with Crippen molar-refractivity contribution in [2.24, 2.45) is 0 Å². The summed E-state index contributed by atoms with van der Waals surface area (Å²) >= 11 is 0. The summed E-state index contributed by atoms with van der Waals surface area (Å²) < 4.78 is 1.52. The van der Waals surface area contributed by atoms with Crippen LogP contribution in [0.25, 0.3) is 27.0 Å². The highest BCUT2D eigenvalue weighted by atomic mass is 16.5. The van der Waals surface area contributed by atoms with Crippen molar-refractivity contribution in [1.82, 2.24) is 20.2 Å². The van der Waals surface area contributed by atoms with E-state index < -0.39 is 11.9 Å². The first-order chi connectivity index (χ1) is 14.2. The van der Waals surface area contributed by atoms with Crippen molar-refractivity contribution in [2.75, 3.05) is 0 Å². The van der Waals surface area contributed by atoms with Crippen LogP contribution in [0.5, 0.6) is 0 Å². The first kappa shape index (κ1) is 18.3. The van der Waals surface area contributed by atoms with Gasteiger partial charge in [-0.3, -0.25) is 10.0 Å². The lowest BCUT2D eigenvalue weighted by molar-refractivity contribution is -0.132. The number of hydroxylamine groups is 1. The second kappa shape index (κ2) is 7.92. The zero-order valence-corrected chi connectivity index (χ0v) is 15.4. The highest BCUT2D eigenvalue weighted by molar-refractivity contribution is 5.85. The van der Waals surface area contributed by atoms with Gasteiger partial charge in [0.05, 0.1) is 12.8 Å². The minimum atomic E-state index is -0.747. The van der Waals surface area contributed by atoms with Crippen LogP contribution in [0.2, 0.25) is 0 Å². The molecule has 2 heterocycles. The number of carbonyl (C=O) groups excluding carboxylic acids is 1. The van der Waals surface area contributed by atoms with E-state index in [1.165, 1.54) is 4.68 Å². The van der Waals surface area contributed by atoms with Gasteiger partial charge in [-0.05, 0) is 28.8 Å². The number of nitrogens with one attached hydrogen (secondary N) is 1. The summed E-state index contributed by atoms with van der Waals surface area (Å²) in [7, 11) is 0. The second-order valence-corrected chi connectivity index (χ2v) is 6.57. The Hall–Kier alpha value is -4.02. The average molecular weight is 383 g/mol. The molecule has 2 aromatic carbocycles. The van der Waals surface area contributed by atoms with E-state index in [2.05, 4.69) is 14.9 Å². The molecule has 0 saturated heterocycles. The minimum absolute atomic E-state index is 0.362. The van der Waals surface area contributed by atoms with Crippen molar-refractivity contribution in [3.8, 4) is 11.1 Å². The van der Waals surface area contributed by atoms with Gasteiger partial charge in [0.25, 0.3) is 5.91 Å². The summed E-state index contributed by atoms with van der Waals surface area (Å²) in [5.74, 6) is -0.561. The fourth-order valence-electron chi connectivity index (χ4n) is 3.28. The molecule has 0 saturated carbocycles. The third-order valence-electron chi connectivity index (χ3n) is 4.72. The van der Waals surface area contributed by atoms with Gasteiger partial charge in [-0.1, -0.05) is 48.5 Å². The van der Waals surface area contributed by atoms with Gasteiger partial charge >= 0.3 is 0 Å². The zero-order chi connectivity index (χ0) is 20.2. The molecule has 1 atom stereocenters. The highest BCUT2D eigenvalue weighted by Gasteiger charge is 2.24. The van der Waals surface area contributed by atoms with E-state index in [4.69, 9.17) is 6.57 Å². The van der Waals surface area contributed by atoms with Gasteiger partial charge in [-0.2, -0.15) is 5.10 Å². The Morgan fingerprint density at radius 1 is 1.10 bits per heavy atom. The fraction of sp³-hybridized carbons (Fsp3) is 0.0909. The molecular formula is C22H17N5O2.